The zero-order chi connectivity index (χ0) is 20.5. The zero-order valence-corrected chi connectivity index (χ0v) is 17.5. The van der Waals surface area contributed by atoms with E-state index in [9.17, 15) is 14.9 Å². The Kier molecular flexibility index (Phi) is 5.61. The van der Waals surface area contributed by atoms with Crippen LogP contribution in [0.1, 0.15) is 35.7 Å². The smallest absolute Gasteiger partial charge is 0.284 e. The van der Waals surface area contributed by atoms with Crippen molar-refractivity contribution in [2.45, 2.75) is 48.6 Å². The largest absolute Gasteiger partial charge is 0.333 e. The molecule has 2 heterocycles. The Labute approximate surface area is 175 Å². The lowest BCUT2D eigenvalue weighted by molar-refractivity contribution is -0.387. The van der Waals surface area contributed by atoms with Crippen LogP contribution in [0, 0.1) is 17.0 Å². The molecule has 7 heteroatoms. The van der Waals surface area contributed by atoms with Gasteiger partial charge < -0.3 is 4.90 Å². The predicted octanol–water partition coefficient (Wildman–Crippen LogP) is 4.36. The SMILES string of the molecule is Cc1ccc(Sc2ccc(C(=O)N3CCN4CCCC4C3C)cc2[N+](=O)[O-])cc1. The fourth-order valence-electron chi connectivity index (χ4n) is 4.39. The molecule has 1 amide bonds. The molecule has 152 valence electrons. The van der Waals surface area contributed by atoms with Crippen molar-refractivity contribution in [1.29, 1.82) is 0 Å². The Balaban J connectivity index is 1.58. The first-order chi connectivity index (χ1) is 13.9. The summed E-state index contributed by atoms with van der Waals surface area (Å²) in [6, 6.07) is 13.3. The third kappa shape index (κ3) is 4.02. The number of hydrogen-bond acceptors (Lipinski definition) is 5. The number of nitrogens with zero attached hydrogens (tertiary/aromatic N) is 3. The van der Waals surface area contributed by atoms with Gasteiger partial charge in [-0.3, -0.25) is 19.8 Å². The average molecular weight is 412 g/mol. The molecule has 2 fully saturated rings. The maximum absolute atomic E-state index is 13.2. The number of piperazine rings is 1. The summed E-state index contributed by atoms with van der Waals surface area (Å²) in [7, 11) is 0. The number of hydrogen-bond donors (Lipinski definition) is 0. The third-order valence-corrected chi connectivity index (χ3v) is 7.08. The lowest BCUT2D eigenvalue weighted by atomic mass is 10.0. The molecule has 2 aromatic carbocycles. The van der Waals surface area contributed by atoms with E-state index in [2.05, 4.69) is 11.8 Å². The molecule has 0 spiro atoms. The molecule has 0 bridgehead atoms. The monoisotopic (exact) mass is 411 g/mol. The van der Waals surface area contributed by atoms with Crippen molar-refractivity contribution >= 4 is 23.4 Å². The number of rotatable bonds is 4. The molecule has 0 N–H and O–H groups in total. The second-order valence-electron chi connectivity index (χ2n) is 7.84. The van der Waals surface area contributed by atoms with Gasteiger partial charge in [0, 0.05) is 41.7 Å². The van der Waals surface area contributed by atoms with E-state index in [1.807, 2.05) is 36.1 Å². The summed E-state index contributed by atoms with van der Waals surface area (Å²) in [4.78, 5) is 30.3. The van der Waals surface area contributed by atoms with Crippen molar-refractivity contribution < 1.29 is 9.72 Å². The number of amides is 1. The van der Waals surface area contributed by atoms with E-state index >= 15 is 0 Å². The quantitative estimate of drug-likeness (QED) is 0.552. The van der Waals surface area contributed by atoms with Crippen LogP contribution in [0.3, 0.4) is 0 Å². The van der Waals surface area contributed by atoms with Crippen molar-refractivity contribution in [2.24, 2.45) is 0 Å². The predicted molar refractivity (Wildman–Crippen MR) is 113 cm³/mol. The molecular weight excluding hydrogens is 386 g/mol. The van der Waals surface area contributed by atoms with E-state index in [-0.39, 0.29) is 17.6 Å². The summed E-state index contributed by atoms with van der Waals surface area (Å²) >= 11 is 1.35. The van der Waals surface area contributed by atoms with Crippen LogP contribution >= 0.6 is 11.8 Å². The van der Waals surface area contributed by atoms with Gasteiger partial charge in [0.15, 0.2) is 0 Å². The number of carbonyl (C=O) groups excluding carboxylic acids is 1. The van der Waals surface area contributed by atoms with Gasteiger partial charge in [-0.15, -0.1) is 0 Å². The number of benzene rings is 2. The molecule has 2 aromatic rings. The number of aryl methyl sites for hydroxylation is 1. The van der Waals surface area contributed by atoms with Gasteiger partial charge in [-0.05, 0) is 57.5 Å². The number of carbonyl (C=O) groups is 1. The molecule has 2 aliphatic heterocycles. The third-order valence-electron chi connectivity index (χ3n) is 6.00. The summed E-state index contributed by atoms with van der Waals surface area (Å²) in [6.07, 6.45) is 2.28. The van der Waals surface area contributed by atoms with E-state index in [1.54, 1.807) is 12.1 Å². The van der Waals surface area contributed by atoms with Crippen LogP contribution in [0.2, 0.25) is 0 Å². The highest BCUT2D eigenvalue weighted by Gasteiger charge is 2.38. The lowest BCUT2D eigenvalue weighted by Crippen LogP contribution is -2.57. The van der Waals surface area contributed by atoms with Gasteiger partial charge in [-0.1, -0.05) is 29.5 Å². The molecule has 6 nitrogen and oxygen atoms in total. The number of fused-ring (bicyclic) bond motifs is 1. The second kappa shape index (κ2) is 8.16. The Morgan fingerprint density at radius 3 is 2.62 bits per heavy atom. The highest BCUT2D eigenvalue weighted by Crippen LogP contribution is 2.36. The molecule has 0 aromatic heterocycles. The first kappa shape index (κ1) is 19.9. The molecule has 29 heavy (non-hydrogen) atoms. The second-order valence-corrected chi connectivity index (χ2v) is 8.95. The van der Waals surface area contributed by atoms with Gasteiger partial charge in [-0.25, -0.2) is 0 Å². The topological polar surface area (TPSA) is 66.7 Å². The maximum Gasteiger partial charge on any atom is 0.284 e. The van der Waals surface area contributed by atoms with Crippen molar-refractivity contribution in [3.8, 4) is 0 Å². The summed E-state index contributed by atoms with van der Waals surface area (Å²) in [5.41, 5.74) is 1.51. The fourth-order valence-corrected chi connectivity index (χ4v) is 5.29. The Morgan fingerprint density at radius 2 is 1.90 bits per heavy atom. The van der Waals surface area contributed by atoms with Crippen molar-refractivity contribution in [1.82, 2.24) is 9.80 Å². The van der Waals surface area contributed by atoms with Gasteiger partial charge in [0.05, 0.1) is 9.82 Å². The van der Waals surface area contributed by atoms with E-state index in [0.717, 1.165) is 30.0 Å². The van der Waals surface area contributed by atoms with Gasteiger partial charge in [0.25, 0.3) is 11.6 Å². The molecule has 2 unspecified atom stereocenters. The van der Waals surface area contributed by atoms with E-state index in [1.165, 1.54) is 24.2 Å². The summed E-state index contributed by atoms with van der Waals surface area (Å²) in [5.74, 6) is -0.112. The summed E-state index contributed by atoms with van der Waals surface area (Å²) < 4.78 is 0. The normalized spacial score (nSPS) is 21.8. The van der Waals surface area contributed by atoms with Crippen LogP contribution < -0.4 is 0 Å². The lowest BCUT2D eigenvalue weighted by Gasteiger charge is -2.43. The first-order valence-corrected chi connectivity index (χ1v) is 10.8. The molecule has 0 aliphatic carbocycles. The highest BCUT2D eigenvalue weighted by molar-refractivity contribution is 7.99. The van der Waals surface area contributed by atoms with Gasteiger partial charge in [0.2, 0.25) is 0 Å². The van der Waals surface area contributed by atoms with Gasteiger partial charge >= 0.3 is 0 Å². The summed E-state index contributed by atoms with van der Waals surface area (Å²) in [6.45, 7) is 6.75. The van der Waals surface area contributed by atoms with Crippen molar-refractivity contribution in [3.63, 3.8) is 0 Å². The molecule has 2 aliphatic rings. The molecule has 4 rings (SSSR count). The van der Waals surface area contributed by atoms with Crippen LogP contribution in [0.4, 0.5) is 5.69 Å². The molecule has 2 saturated heterocycles. The minimum atomic E-state index is -0.397. The van der Waals surface area contributed by atoms with Gasteiger partial charge in [0.1, 0.15) is 0 Å². The summed E-state index contributed by atoms with van der Waals surface area (Å²) in [5, 5.41) is 11.7. The van der Waals surface area contributed by atoms with Crippen LogP contribution in [-0.4, -0.2) is 52.3 Å². The van der Waals surface area contributed by atoms with Crippen LogP contribution in [0.5, 0.6) is 0 Å². The highest BCUT2D eigenvalue weighted by atomic mass is 32.2. The Morgan fingerprint density at radius 1 is 1.14 bits per heavy atom. The minimum Gasteiger partial charge on any atom is -0.333 e. The molecular formula is C22H25N3O3S. The number of nitro benzene ring substituents is 1. The molecule has 2 atom stereocenters. The van der Waals surface area contributed by atoms with Crippen molar-refractivity contribution in [3.05, 3.63) is 63.7 Å². The van der Waals surface area contributed by atoms with E-state index < -0.39 is 4.92 Å². The zero-order valence-electron chi connectivity index (χ0n) is 16.7. The first-order valence-electron chi connectivity index (χ1n) is 10.0. The van der Waals surface area contributed by atoms with Crippen molar-refractivity contribution in [2.75, 3.05) is 19.6 Å². The maximum atomic E-state index is 13.2. The van der Waals surface area contributed by atoms with E-state index in [4.69, 9.17) is 0 Å². The fraction of sp³-hybridized carbons (Fsp3) is 0.409. The Hall–Kier alpha value is -2.38. The van der Waals surface area contributed by atoms with Crippen LogP contribution in [0.15, 0.2) is 52.3 Å². The Bertz CT molecular complexity index is 931. The average Bonchev–Trinajstić information content (AvgIpc) is 3.19. The minimum absolute atomic E-state index is 0.0198. The van der Waals surface area contributed by atoms with Crippen LogP contribution in [0.25, 0.3) is 0 Å². The molecule has 0 radical (unpaired) electrons. The van der Waals surface area contributed by atoms with E-state index in [0.29, 0.717) is 23.0 Å². The number of nitro groups is 1. The standard InChI is InChI=1S/C22H25N3O3S/c1-15-5-8-18(9-6-15)29-21-10-7-17(14-20(21)25(27)28)22(26)24-13-12-23-11-3-4-19(23)16(24)2/h5-10,14,16,19H,3-4,11-13H2,1-2H3. The van der Waals surface area contributed by atoms with Gasteiger partial charge in [-0.2, -0.15) is 0 Å². The van der Waals surface area contributed by atoms with Crippen LogP contribution in [-0.2, 0) is 0 Å². The molecule has 0 saturated carbocycles.